The second-order valence-electron chi connectivity index (χ2n) is 5.84. The number of hydrogen-bond donors (Lipinski definition) is 4. The average Bonchev–Trinajstić information content (AvgIpc) is 2.43. The third-order valence-corrected chi connectivity index (χ3v) is 3.70. The van der Waals surface area contributed by atoms with Gasteiger partial charge in [0.05, 0.1) is 18.2 Å². The van der Waals surface area contributed by atoms with E-state index in [4.69, 9.17) is 10.5 Å². The van der Waals surface area contributed by atoms with Crippen molar-refractivity contribution in [3.63, 3.8) is 0 Å². The van der Waals surface area contributed by atoms with E-state index >= 15 is 0 Å². The van der Waals surface area contributed by atoms with Crippen molar-refractivity contribution in [3.05, 3.63) is 23.8 Å². The van der Waals surface area contributed by atoms with Gasteiger partial charge in [0.2, 0.25) is 5.91 Å². The molecule has 0 aliphatic carbocycles. The molecular formula is C15H22N2O4. The highest BCUT2D eigenvalue weighted by Crippen LogP contribution is 2.25. The van der Waals surface area contributed by atoms with Crippen molar-refractivity contribution in [1.82, 2.24) is 5.32 Å². The van der Waals surface area contributed by atoms with Crippen LogP contribution < -0.4 is 11.1 Å². The fourth-order valence-corrected chi connectivity index (χ4v) is 2.47. The molecule has 2 rings (SSSR count). The molecule has 6 heteroatoms. The van der Waals surface area contributed by atoms with Crippen molar-refractivity contribution >= 4 is 5.91 Å². The molecule has 2 atom stereocenters. The summed E-state index contributed by atoms with van der Waals surface area (Å²) in [6, 6.07) is 3.71. The summed E-state index contributed by atoms with van der Waals surface area (Å²) in [7, 11) is 0. The molecule has 0 bridgehead atoms. The molecule has 0 radical (unpaired) electrons. The molecular weight excluding hydrogens is 272 g/mol. The van der Waals surface area contributed by atoms with Crippen molar-refractivity contribution < 1.29 is 19.7 Å². The Balaban J connectivity index is 1.94. The number of phenolic OH excluding ortho intramolecular Hbond substituents is 2. The molecule has 1 heterocycles. The van der Waals surface area contributed by atoms with E-state index in [0.717, 1.165) is 19.4 Å². The van der Waals surface area contributed by atoms with E-state index in [2.05, 4.69) is 5.32 Å². The quantitative estimate of drug-likeness (QED) is 0.610. The van der Waals surface area contributed by atoms with Gasteiger partial charge in [0.25, 0.3) is 0 Å². The Morgan fingerprint density at radius 1 is 1.48 bits per heavy atom. The minimum absolute atomic E-state index is 0.191. The second kappa shape index (κ2) is 6.32. The minimum atomic E-state index is -0.715. The molecule has 5 N–H and O–H groups in total. The number of hydrogen-bond acceptors (Lipinski definition) is 5. The Kier molecular flexibility index (Phi) is 4.69. The van der Waals surface area contributed by atoms with Gasteiger partial charge in [-0.05, 0) is 43.9 Å². The van der Waals surface area contributed by atoms with E-state index < -0.39 is 6.04 Å². The first-order valence-corrected chi connectivity index (χ1v) is 7.06. The van der Waals surface area contributed by atoms with Crippen LogP contribution in [0.15, 0.2) is 18.2 Å². The van der Waals surface area contributed by atoms with Crippen molar-refractivity contribution in [2.24, 2.45) is 5.73 Å². The van der Waals surface area contributed by atoms with Crippen LogP contribution in [0.1, 0.15) is 25.3 Å². The van der Waals surface area contributed by atoms with Crippen LogP contribution >= 0.6 is 0 Å². The van der Waals surface area contributed by atoms with Crippen LogP contribution in [0, 0.1) is 0 Å². The number of carbonyl (C=O) groups is 1. The first-order valence-electron chi connectivity index (χ1n) is 7.06. The van der Waals surface area contributed by atoms with Gasteiger partial charge in [-0.2, -0.15) is 0 Å². The van der Waals surface area contributed by atoms with Crippen LogP contribution in [0.25, 0.3) is 0 Å². The van der Waals surface area contributed by atoms with Crippen molar-refractivity contribution in [1.29, 1.82) is 0 Å². The van der Waals surface area contributed by atoms with E-state index in [1.165, 1.54) is 12.1 Å². The van der Waals surface area contributed by atoms with Crippen LogP contribution in [-0.2, 0) is 16.0 Å². The molecule has 1 fully saturated rings. The van der Waals surface area contributed by atoms with E-state index in [-0.39, 0.29) is 29.4 Å². The average molecular weight is 294 g/mol. The normalized spacial score (nSPS) is 23.5. The molecule has 1 aliphatic heterocycles. The molecule has 1 aromatic carbocycles. The highest BCUT2D eigenvalue weighted by molar-refractivity contribution is 5.82. The fraction of sp³-hybridized carbons (Fsp3) is 0.533. The van der Waals surface area contributed by atoms with E-state index in [0.29, 0.717) is 12.2 Å². The SMILES string of the molecule is CC1(NC(=O)[C@@H](N)Cc2ccc(O)c(O)c2)CCCOC1. The maximum Gasteiger partial charge on any atom is 0.237 e. The Bertz CT molecular complexity index is 512. The van der Waals surface area contributed by atoms with Gasteiger partial charge in [-0.25, -0.2) is 0 Å². The summed E-state index contributed by atoms with van der Waals surface area (Å²) in [4.78, 5) is 12.2. The zero-order valence-electron chi connectivity index (χ0n) is 12.1. The molecule has 0 aromatic heterocycles. The largest absolute Gasteiger partial charge is 0.504 e. The summed E-state index contributed by atoms with van der Waals surface area (Å²) in [5.74, 6) is -0.646. The van der Waals surface area contributed by atoms with Crippen LogP contribution in [0.4, 0.5) is 0 Å². The van der Waals surface area contributed by atoms with Crippen molar-refractivity contribution in [3.8, 4) is 11.5 Å². The summed E-state index contributed by atoms with van der Waals surface area (Å²) in [6.45, 7) is 3.17. The Hall–Kier alpha value is -1.79. The van der Waals surface area contributed by atoms with Crippen LogP contribution in [0.5, 0.6) is 11.5 Å². The monoisotopic (exact) mass is 294 g/mol. The lowest BCUT2D eigenvalue weighted by Gasteiger charge is -2.35. The van der Waals surface area contributed by atoms with E-state index in [1.54, 1.807) is 6.07 Å². The summed E-state index contributed by atoms with van der Waals surface area (Å²) in [5.41, 5.74) is 6.24. The lowest BCUT2D eigenvalue weighted by atomic mass is 9.94. The number of ether oxygens (including phenoxy) is 1. The smallest absolute Gasteiger partial charge is 0.237 e. The number of aromatic hydroxyl groups is 2. The lowest BCUT2D eigenvalue weighted by Crippen LogP contribution is -2.56. The predicted molar refractivity (Wildman–Crippen MR) is 78.1 cm³/mol. The van der Waals surface area contributed by atoms with E-state index in [1.807, 2.05) is 6.92 Å². The lowest BCUT2D eigenvalue weighted by molar-refractivity contribution is -0.125. The Morgan fingerprint density at radius 2 is 2.24 bits per heavy atom. The highest BCUT2D eigenvalue weighted by atomic mass is 16.5. The molecule has 1 aromatic rings. The van der Waals surface area contributed by atoms with Gasteiger partial charge in [0.1, 0.15) is 0 Å². The summed E-state index contributed by atoms with van der Waals surface area (Å²) >= 11 is 0. The first kappa shape index (κ1) is 15.6. The highest BCUT2D eigenvalue weighted by Gasteiger charge is 2.30. The Labute approximate surface area is 123 Å². The summed E-state index contributed by atoms with van der Waals surface area (Å²) < 4.78 is 5.40. The van der Waals surface area contributed by atoms with Gasteiger partial charge in [0.15, 0.2) is 11.5 Å². The zero-order valence-corrected chi connectivity index (χ0v) is 12.1. The van der Waals surface area contributed by atoms with Gasteiger partial charge in [-0.15, -0.1) is 0 Å². The van der Waals surface area contributed by atoms with Crippen molar-refractivity contribution in [2.75, 3.05) is 13.2 Å². The summed E-state index contributed by atoms with van der Waals surface area (Å²) in [6.07, 6.45) is 2.07. The number of phenols is 2. The third kappa shape index (κ3) is 4.09. The first-order chi connectivity index (χ1) is 9.89. The number of nitrogens with one attached hydrogen (secondary N) is 1. The third-order valence-electron chi connectivity index (χ3n) is 3.70. The van der Waals surface area contributed by atoms with Crippen LogP contribution in [-0.4, -0.2) is 40.9 Å². The van der Waals surface area contributed by atoms with E-state index in [9.17, 15) is 15.0 Å². The molecule has 116 valence electrons. The van der Waals surface area contributed by atoms with Crippen LogP contribution in [0.2, 0.25) is 0 Å². The predicted octanol–water partition coefficient (Wildman–Crippen LogP) is 0.653. The topological polar surface area (TPSA) is 105 Å². The fourth-order valence-electron chi connectivity index (χ4n) is 2.47. The minimum Gasteiger partial charge on any atom is -0.504 e. The molecule has 1 aliphatic rings. The number of amides is 1. The maximum absolute atomic E-state index is 12.2. The van der Waals surface area contributed by atoms with Gasteiger partial charge in [-0.3, -0.25) is 4.79 Å². The van der Waals surface area contributed by atoms with Crippen LogP contribution in [0.3, 0.4) is 0 Å². The molecule has 1 unspecified atom stereocenters. The van der Waals surface area contributed by atoms with Gasteiger partial charge in [0, 0.05) is 6.61 Å². The zero-order chi connectivity index (χ0) is 15.5. The molecule has 21 heavy (non-hydrogen) atoms. The van der Waals surface area contributed by atoms with Gasteiger partial charge in [-0.1, -0.05) is 6.07 Å². The number of rotatable bonds is 4. The van der Waals surface area contributed by atoms with Gasteiger partial charge < -0.3 is 26.0 Å². The number of nitrogens with two attached hydrogens (primary N) is 1. The van der Waals surface area contributed by atoms with Crippen molar-refractivity contribution in [2.45, 2.75) is 37.8 Å². The summed E-state index contributed by atoms with van der Waals surface area (Å²) in [5, 5.41) is 21.6. The molecule has 6 nitrogen and oxygen atoms in total. The Morgan fingerprint density at radius 3 is 2.86 bits per heavy atom. The number of carbonyl (C=O) groups excluding carboxylic acids is 1. The van der Waals surface area contributed by atoms with Gasteiger partial charge >= 0.3 is 0 Å². The molecule has 0 saturated carbocycles. The standard InChI is InChI=1S/C15H22N2O4/c1-15(5-2-6-21-9-15)17-14(20)11(16)7-10-3-4-12(18)13(19)8-10/h3-4,8,11,18-19H,2,5-7,9,16H2,1H3,(H,17,20)/t11-,15?/m0/s1. The molecule has 0 spiro atoms. The molecule has 1 saturated heterocycles. The maximum atomic E-state index is 12.2. The second-order valence-corrected chi connectivity index (χ2v) is 5.84. The molecule has 1 amide bonds. The number of benzene rings is 1.